The molecule has 0 amide bonds. The topological polar surface area (TPSA) is 0 Å². The Hall–Kier alpha value is -1.84. The minimum absolute atomic E-state index is 0.144. The maximum atomic E-state index is 14.4. The molecule has 27 heavy (non-hydrogen) atoms. The Morgan fingerprint density at radius 3 is 2.37 bits per heavy atom. The minimum Gasteiger partial charge on any atom is -0.207 e. The molecule has 0 nitrogen and oxygen atoms in total. The lowest BCUT2D eigenvalue weighted by Crippen LogP contribution is -2.17. The van der Waals surface area contributed by atoms with Gasteiger partial charge in [-0.05, 0) is 85.8 Å². The summed E-state index contributed by atoms with van der Waals surface area (Å²) in [4.78, 5) is 0. The number of hydrogen-bond donors (Lipinski definition) is 0. The molecule has 1 atom stereocenters. The van der Waals surface area contributed by atoms with E-state index >= 15 is 0 Å². The third-order valence-corrected chi connectivity index (χ3v) is 5.68. The van der Waals surface area contributed by atoms with Crippen LogP contribution in [-0.2, 0) is 25.7 Å². The predicted octanol–water partition coefficient (Wildman–Crippen LogP) is 6.71. The van der Waals surface area contributed by atoms with Crippen LogP contribution < -0.4 is 0 Å². The fourth-order valence-electron chi connectivity index (χ4n) is 4.07. The van der Waals surface area contributed by atoms with E-state index in [1.54, 1.807) is 6.07 Å². The Morgan fingerprint density at radius 2 is 1.67 bits per heavy atom. The summed E-state index contributed by atoms with van der Waals surface area (Å²) in [5.74, 6) is -2.26. The Morgan fingerprint density at radius 1 is 0.926 bits per heavy atom. The standard InChI is InChI=1S/C23H26F4/c1-2-3-4-5-16-13-21(25)19(22(26)14-16)10-7-15-6-9-18-17(12-15)8-11-20(24)23(18)27/h8,11,13-15H,2-7,9-10,12H2,1H3. The minimum atomic E-state index is -0.810. The van der Waals surface area contributed by atoms with Gasteiger partial charge in [0.2, 0.25) is 0 Å². The number of halogens is 4. The van der Waals surface area contributed by atoms with Crippen molar-refractivity contribution in [1.29, 1.82) is 0 Å². The summed E-state index contributed by atoms with van der Waals surface area (Å²) in [7, 11) is 0. The molecule has 3 rings (SSSR count). The van der Waals surface area contributed by atoms with Crippen molar-refractivity contribution in [2.75, 3.05) is 0 Å². The summed E-state index contributed by atoms with van der Waals surface area (Å²) < 4.78 is 55.9. The van der Waals surface area contributed by atoms with Gasteiger partial charge >= 0.3 is 0 Å². The zero-order valence-corrected chi connectivity index (χ0v) is 15.8. The number of aryl methyl sites for hydroxylation is 1. The first-order valence-corrected chi connectivity index (χ1v) is 9.92. The van der Waals surface area contributed by atoms with Crippen molar-refractivity contribution < 1.29 is 17.6 Å². The van der Waals surface area contributed by atoms with E-state index in [1.807, 2.05) is 0 Å². The van der Waals surface area contributed by atoms with E-state index in [0.717, 1.165) is 30.9 Å². The summed E-state index contributed by atoms with van der Waals surface area (Å²) >= 11 is 0. The van der Waals surface area contributed by atoms with Crippen LogP contribution in [0.3, 0.4) is 0 Å². The molecule has 146 valence electrons. The quantitative estimate of drug-likeness (QED) is 0.371. The first kappa shape index (κ1) is 19.9. The Kier molecular flexibility index (Phi) is 6.56. The van der Waals surface area contributed by atoms with Crippen LogP contribution in [-0.4, -0.2) is 0 Å². The van der Waals surface area contributed by atoms with E-state index in [0.29, 0.717) is 49.7 Å². The van der Waals surface area contributed by atoms with Gasteiger partial charge in [-0.2, -0.15) is 0 Å². The Balaban J connectivity index is 1.62. The van der Waals surface area contributed by atoms with Crippen LogP contribution in [0.5, 0.6) is 0 Å². The summed E-state index contributed by atoms with van der Waals surface area (Å²) in [5.41, 5.74) is 2.13. The monoisotopic (exact) mass is 378 g/mol. The lowest BCUT2D eigenvalue weighted by atomic mass is 9.80. The molecule has 0 heterocycles. The Bertz CT molecular complexity index is 774. The van der Waals surface area contributed by atoms with Gasteiger partial charge in [0.25, 0.3) is 0 Å². The van der Waals surface area contributed by atoms with Gasteiger partial charge < -0.3 is 0 Å². The van der Waals surface area contributed by atoms with E-state index in [9.17, 15) is 17.6 Å². The van der Waals surface area contributed by atoms with Gasteiger partial charge in [-0.3, -0.25) is 0 Å². The average Bonchev–Trinajstić information content (AvgIpc) is 2.64. The van der Waals surface area contributed by atoms with Crippen molar-refractivity contribution in [2.24, 2.45) is 5.92 Å². The lowest BCUT2D eigenvalue weighted by Gasteiger charge is -2.25. The van der Waals surface area contributed by atoms with Crippen molar-refractivity contribution in [2.45, 2.75) is 64.7 Å². The van der Waals surface area contributed by atoms with Crippen LogP contribution in [0.2, 0.25) is 0 Å². The van der Waals surface area contributed by atoms with Gasteiger partial charge in [0.05, 0.1) is 0 Å². The van der Waals surface area contributed by atoms with Gasteiger partial charge in [-0.25, -0.2) is 17.6 Å². The molecule has 0 saturated heterocycles. The normalized spacial score (nSPS) is 16.4. The van der Waals surface area contributed by atoms with Gasteiger partial charge in [0.15, 0.2) is 11.6 Å². The highest BCUT2D eigenvalue weighted by molar-refractivity contribution is 5.32. The van der Waals surface area contributed by atoms with Crippen molar-refractivity contribution in [3.8, 4) is 0 Å². The first-order valence-electron chi connectivity index (χ1n) is 9.92. The molecule has 0 bridgehead atoms. The Labute approximate surface area is 158 Å². The summed E-state index contributed by atoms with van der Waals surface area (Å²) in [5, 5.41) is 0. The van der Waals surface area contributed by atoms with E-state index in [1.165, 1.54) is 12.1 Å². The van der Waals surface area contributed by atoms with Crippen LogP contribution in [0.4, 0.5) is 17.6 Å². The average molecular weight is 378 g/mol. The number of rotatable bonds is 7. The van der Waals surface area contributed by atoms with Crippen molar-refractivity contribution in [1.82, 2.24) is 0 Å². The summed E-state index contributed by atoms with van der Waals surface area (Å²) in [6.07, 6.45) is 6.55. The fraction of sp³-hybridized carbons (Fsp3) is 0.478. The van der Waals surface area contributed by atoms with Crippen LogP contribution in [0.15, 0.2) is 24.3 Å². The molecule has 0 aromatic heterocycles. The van der Waals surface area contributed by atoms with Gasteiger partial charge in [-0.15, -0.1) is 0 Å². The van der Waals surface area contributed by atoms with Crippen molar-refractivity contribution >= 4 is 0 Å². The molecule has 2 aromatic carbocycles. The van der Waals surface area contributed by atoms with Crippen LogP contribution in [0.25, 0.3) is 0 Å². The largest absolute Gasteiger partial charge is 0.207 e. The third kappa shape index (κ3) is 4.72. The molecule has 2 aromatic rings. The van der Waals surface area contributed by atoms with E-state index in [4.69, 9.17) is 0 Å². The number of fused-ring (bicyclic) bond motifs is 1. The number of hydrogen-bond acceptors (Lipinski definition) is 0. The smallest absolute Gasteiger partial charge is 0.162 e. The van der Waals surface area contributed by atoms with E-state index in [-0.39, 0.29) is 11.5 Å². The van der Waals surface area contributed by atoms with Gasteiger partial charge in [0, 0.05) is 5.56 Å². The molecule has 0 spiro atoms. The molecule has 1 unspecified atom stereocenters. The first-order chi connectivity index (χ1) is 13.0. The van der Waals surface area contributed by atoms with Crippen LogP contribution >= 0.6 is 0 Å². The molecule has 4 heteroatoms. The number of unbranched alkanes of at least 4 members (excludes halogenated alkanes) is 2. The molecular formula is C23H26F4. The predicted molar refractivity (Wildman–Crippen MR) is 99.8 cm³/mol. The lowest BCUT2D eigenvalue weighted by molar-refractivity contribution is 0.403. The molecule has 0 N–H and O–H groups in total. The molecule has 1 aliphatic carbocycles. The van der Waals surface area contributed by atoms with Gasteiger partial charge in [-0.1, -0.05) is 25.8 Å². The van der Waals surface area contributed by atoms with Gasteiger partial charge in [0.1, 0.15) is 11.6 Å². The number of benzene rings is 2. The maximum absolute atomic E-state index is 14.4. The van der Waals surface area contributed by atoms with Crippen molar-refractivity contribution in [3.63, 3.8) is 0 Å². The molecule has 1 aliphatic rings. The second-order valence-electron chi connectivity index (χ2n) is 7.64. The highest BCUT2D eigenvalue weighted by Crippen LogP contribution is 2.31. The highest BCUT2D eigenvalue weighted by atomic mass is 19.2. The third-order valence-electron chi connectivity index (χ3n) is 5.68. The van der Waals surface area contributed by atoms with E-state index < -0.39 is 23.3 Å². The van der Waals surface area contributed by atoms with Crippen LogP contribution in [0.1, 0.15) is 61.3 Å². The zero-order chi connectivity index (χ0) is 19.4. The zero-order valence-electron chi connectivity index (χ0n) is 15.8. The highest BCUT2D eigenvalue weighted by Gasteiger charge is 2.23. The summed E-state index contributed by atoms with van der Waals surface area (Å²) in [6.45, 7) is 2.10. The summed E-state index contributed by atoms with van der Waals surface area (Å²) in [6, 6.07) is 5.71. The second-order valence-corrected chi connectivity index (χ2v) is 7.64. The molecular weight excluding hydrogens is 352 g/mol. The van der Waals surface area contributed by atoms with Crippen LogP contribution in [0, 0.1) is 29.2 Å². The molecule has 0 aliphatic heterocycles. The SMILES string of the molecule is CCCCCc1cc(F)c(CCC2CCc3c(ccc(F)c3F)C2)c(F)c1. The maximum Gasteiger partial charge on any atom is 0.162 e. The van der Waals surface area contributed by atoms with Crippen molar-refractivity contribution in [3.05, 3.63) is 69.8 Å². The molecule has 0 radical (unpaired) electrons. The second kappa shape index (κ2) is 8.90. The fourth-order valence-corrected chi connectivity index (χ4v) is 4.07. The molecule has 0 saturated carbocycles. The van der Waals surface area contributed by atoms with E-state index in [2.05, 4.69) is 6.92 Å². The molecule has 0 fully saturated rings.